The van der Waals surface area contributed by atoms with Gasteiger partial charge in [-0.3, -0.25) is 4.79 Å². The zero-order valence-corrected chi connectivity index (χ0v) is 17.3. The van der Waals surface area contributed by atoms with Gasteiger partial charge in [0.2, 0.25) is 0 Å². The molecular weight excluding hydrogens is 370 g/mol. The second-order valence-corrected chi connectivity index (χ2v) is 8.41. The van der Waals surface area contributed by atoms with Crippen molar-refractivity contribution in [1.29, 1.82) is 0 Å². The molecule has 0 aliphatic carbocycles. The van der Waals surface area contributed by atoms with Crippen molar-refractivity contribution < 1.29 is 9.53 Å². The number of carbonyl (C=O) groups is 1. The third-order valence-electron chi connectivity index (χ3n) is 5.35. The largest absolute Gasteiger partial charge is 0.497 e. The number of methoxy groups -OCH3 is 1. The van der Waals surface area contributed by atoms with E-state index in [0.29, 0.717) is 4.88 Å². The maximum Gasteiger partial charge on any atom is 0.263 e. The number of rotatable bonds is 4. The molecule has 1 fully saturated rings. The molecule has 28 heavy (non-hydrogen) atoms. The van der Waals surface area contributed by atoms with Gasteiger partial charge in [0.05, 0.1) is 12.8 Å². The van der Waals surface area contributed by atoms with Crippen LogP contribution in [0.1, 0.15) is 28.2 Å². The number of nitrogens with zero attached hydrogens (tertiary/aromatic N) is 2. The highest BCUT2D eigenvalue weighted by Gasteiger charge is 2.22. The molecule has 2 aromatic carbocycles. The third kappa shape index (κ3) is 3.88. The van der Waals surface area contributed by atoms with E-state index >= 15 is 0 Å². The quantitative estimate of drug-likeness (QED) is 0.722. The molecule has 1 N–H and O–H groups in total. The normalized spacial score (nSPS) is 15.7. The summed E-state index contributed by atoms with van der Waals surface area (Å²) >= 11 is 1.47. The van der Waals surface area contributed by atoms with Gasteiger partial charge in [0.15, 0.2) is 0 Å². The van der Waals surface area contributed by atoms with Crippen LogP contribution in [-0.4, -0.2) is 49.1 Å². The smallest absolute Gasteiger partial charge is 0.263 e. The van der Waals surface area contributed by atoms with Crippen molar-refractivity contribution in [3.63, 3.8) is 0 Å². The maximum atomic E-state index is 12.8. The molecule has 0 saturated carbocycles. The molecule has 0 spiro atoms. The van der Waals surface area contributed by atoms with Gasteiger partial charge >= 0.3 is 0 Å². The molecule has 1 aliphatic rings. The fourth-order valence-corrected chi connectivity index (χ4v) is 4.58. The van der Waals surface area contributed by atoms with E-state index in [1.165, 1.54) is 11.3 Å². The van der Waals surface area contributed by atoms with Crippen LogP contribution in [0.5, 0.6) is 5.75 Å². The molecule has 0 unspecified atom stereocenters. The van der Waals surface area contributed by atoms with E-state index in [2.05, 4.69) is 40.4 Å². The first-order chi connectivity index (χ1) is 13.5. The first kappa shape index (κ1) is 18.9. The molecule has 5 nitrogen and oxygen atoms in total. The van der Waals surface area contributed by atoms with Gasteiger partial charge in [0, 0.05) is 11.6 Å². The summed E-state index contributed by atoms with van der Waals surface area (Å²) in [5.74, 6) is 0.847. The summed E-state index contributed by atoms with van der Waals surface area (Å²) in [6.45, 7) is 3.97. The van der Waals surface area contributed by atoms with Crippen LogP contribution in [0.3, 0.4) is 0 Å². The van der Waals surface area contributed by atoms with Crippen molar-refractivity contribution in [2.75, 3.05) is 27.2 Å². The number of ether oxygens (including phenoxy) is 1. The molecule has 0 atom stereocenters. The van der Waals surface area contributed by atoms with Crippen molar-refractivity contribution in [3.8, 4) is 16.3 Å². The molecule has 0 radical (unpaired) electrons. The lowest BCUT2D eigenvalue weighted by atomic mass is 10.1. The number of nitrogens with one attached hydrogen (secondary N) is 1. The van der Waals surface area contributed by atoms with E-state index in [4.69, 9.17) is 4.74 Å². The number of thiazole rings is 1. The molecular formula is C22H25N3O2S. The molecule has 1 amide bonds. The number of amides is 1. The number of likely N-dealkylation sites (tertiary alicyclic amines) is 1. The van der Waals surface area contributed by atoms with Crippen LogP contribution in [0.4, 0.5) is 0 Å². The van der Waals surface area contributed by atoms with Crippen LogP contribution < -0.4 is 10.1 Å². The Labute approximate surface area is 169 Å². The molecule has 1 aliphatic heterocycles. The van der Waals surface area contributed by atoms with Gasteiger partial charge in [0.1, 0.15) is 15.6 Å². The fraction of sp³-hybridized carbons (Fsp3) is 0.364. The van der Waals surface area contributed by atoms with Crippen molar-refractivity contribution in [2.24, 2.45) is 0 Å². The first-order valence-corrected chi connectivity index (χ1v) is 10.4. The van der Waals surface area contributed by atoms with E-state index in [1.807, 2.05) is 25.1 Å². The van der Waals surface area contributed by atoms with Crippen molar-refractivity contribution >= 4 is 28.0 Å². The Balaban J connectivity index is 1.55. The van der Waals surface area contributed by atoms with Crippen LogP contribution in [-0.2, 0) is 0 Å². The zero-order chi connectivity index (χ0) is 19.7. The number of fused-ring (bicyclic) bond motifs is 1. The minimum atomic E-state index is 0.00123. The number of aromatic nitrogens is 1. The van der Waals surface area contributed by atoms with Gasteiger partial charge in [-0.25, -0.2) is 4.98 Å². The highest BCUT2D eigenvalue weighted by molar-refractivity contribution is 7.17. The van der Waals surface area contributed by atoms with E-state index in [0.717, 1.165) is 58.7 Å². The Morgan fingerprint density at radius 1 is 1.18 bits per heavy atom. The van der Waals surface area contributed by atoms with Crippen LogP contribution in [0, 0.1) is 6.92 Å². The van der Waals surface area contributed by atoms with Gasteiger partial charge < -0.3 is 15.0 Å². The average Bonchev–Trinajstić information content (AvgIpc) is 3.10. The number of piperidine rings is 1. The van der Waals surface area contributed by atoms with Crippen molar-refractivity contribution in [3.05, 3.63) is 47.0 Å². The summed E-state index contributed by atoms with van der Waals surface area (Å²) < 4.78 is 5.29. The summed E-state index contributed by atoms with van der Waals surface area (Å²) in [7, 11) is 3.79. The second kappa shape index (κ2) is 7.89. The molecule has 4 rings (SSSR count). The van der Waals surface area contributed by atoms with E-state index in [-0.39, 0.29) is 11.9 Å². The summed E-state index contributed by atoms with van der Waals surface area (Å²) in [6.07, 6.45) is 2.00. The van der Waals surface area contributed by atoms with Gasteiger partial charge in [0.25, 0.3) is 5.91 Å². The molecule has 6 heteroatoms. The number of carbonyl (C=O) groups excluding carboxylic acids is 1. The lowest BCUT2D eigenvalue weighted by Crippen LogP contribution is -2.43. The van der Waals surface area contributed by atoms with Gasteiger partial charge in [-0.15, -0.1) is 11.3 Å². The number of hydrogen-bond donors (Lipinski definition) is 1. The Kier molecular flexibility index (Phi) is 5.33. The predicted octanol–water partition coefficient (Wildman–Crippen LogP) is 4.10. The van der Waals surface area contributed by atoms with E-state index in [1.54, 1.807) is 7.11 Å². The van der Waals surface area contributed by atoms with Gasteiger partial charge in [-0.1, -0.05) is 18.2 Å². The van der Waals surface area contributed by atoms with Crippen molar-refractivity contribution in [2.45, 2.75) is 25.8 Å². The van der Waals surface area contributed by atoms with Crippen LogP contribution in [0.25, 0.3) is 21.3 Å². The van der Waals surface area contributed by atoms with Crippen LogP contribution in [0.2, 0.25) is 0 Å². The lowest BCUT2D eigenvalue weighted by molar-refractivity contribution is 0.0920. The molecule has 1 aromatic heterocycles. The molecule has 3 aromatic rings. The Bertz CT molecular complexity index is 1010. The topological polar surface area (TPSA) is 54.5 Å². The lowest BCUT2D eigenvalue weighted by Gasteiger charge is -2.29. The SMILES string of the molecule is COc1ccc2cc(-c3nc(C)c(C(=O)NC4CCN(C)CC4)s3)ccc2c1. The number of hydrogen-bond acceptors (Lipinski definition) is 5. The number of aryl methyl sites for hydroxylation is 1. The molecule has 146 valence electrons. The minimum Gasteiger partial charge on any atom is -0.497 e. The Morgan fingerprint density at radius 3 is 2.64 bits per heavy atom. The summed E-state index contributed by atoms with van der Waals surface area (Å²) in [4.78, 5) is 20.5. The summed E-state index contributed by atoms with van der Waals surface area (Å²) in [6, 6.07) is 12.5. The number of benzene rings is 2. The molecule has 2 heterocycles. The minimum absolute atomic E-state index is 0.00123. The first-order valence-electron chi connectivity index (χ1n) is 9.58. The Hall–Kier alpha value is -2.44. The standard InChI is InChI=1S/C22H25N3O2S/c1-14-20(21(26)24-18-8-10-25(2)11-9-18)28-22(23-14)17-5-4-16-13-19(27-3)7-6-15(16)12-17/h4-7,12-13,18H,8-11H2,1-3H3,(H,24,26). The second-order valence-electron chi connectivity index (χ2n) is 7.41. The van der Waals surface area contributed by atoms with Crippen LogP contribution >= 0.6 is 11.3 Å². The van der Waals surface area contributed by atoms with E-state index in [9.17, 15) is 4.79 Å². The third-order valence-corrected chi connectivity index (χ3v) is 6.56. The fourth-order valence-electron chi connectivity index (χ4n) is 3.62. The van der Waals surface area contributed by atoms with Crippen molar-refractivity contribution in [1.82, 2.24) is 15.2 Å². The highest BCUT2D eigenvalue weighted by atomic mass is 32.1. The molecule has 0 bridgehead atoms. The van der Waals surface area contributed by atoms with Gasteiger partial charge in [-0.2, -0.15) is 0 Å². The maximum absolute atomic E-state index is 12.8. The summed E-state index contributed by atoms with van der Waals surface area (Å²) in [5, 5.41) is 6.32. The highest BCUT2D eigenvalue weighted by Crippen LogP contribution is 2.31. The molecule has 1 saturated heterocycles. The van der Waals surface area contributed by atoms with Gasteiger partial charge in [-0.05, 0) is 68.9 Å². The zero-order valence-electron chi connectivity index (χ0n) is 16.5. The monoisotopic (exact) mass is 395 g/mol. The summed E-state index contributed by atoms with van der Waals surface area (Å²) in [5.41, 5.74) is 1.82. The van der Waals surface area contributed by atoms with E-state index < -0.39 is 0 Å². The van der Waals surface area contributed by atoms with Crippen LogP contribution in [0.15, 0.2) is 36.4 Å². The predicted molar refractivity (Wildman–Crippen MR) is 114 cm³/mol. The Morgan fingerprint density at radius 2 is 1.89 bits per heavy atom. The average molecular weight is 396 g/mol.